The Balaban J connectivity index is 1.30. The van der Waals surface area contributed by atoms with Crippen LogP contribution in [0.2, 0.25) is 0 Å². The van der Waals surface area contributed by atoms with Crippen LogP contribution in [0.4, 0.5) is 0 Å². The van der Waals surface area contributed by atoms with Crippen LogP contribution < -0.4 is 5.32 Å². The zero-order chi connectivity index (χ0) is 24.0. The molecule has 2 aliphatic rings. The molecular formula is C27H30N4O3. The molecule has 2 saturated heterocycles. The Labute approximate surface area is 199 Å². The molecule has 3 atom stereocenters. The minimum absolute atomic E-state index is 0.00619. The summed E-state index contributed by atoms with van der Waals surface area (Å²) < 4.78 is 0. The van der Waals surface area contributed by atoms with E-state index >= 15 is 0 Å². The van der Waals surface area contributed by atoms with Crippen LogP contribution in [0.15, 0.2) is 60.7 Å². The van der Waals surface area contributed by atoms with Gasteiger partial charge in [0.15, 0.2) is 0 Å². The molecule has 2 bridgehead atoms. The van der Waals surface area contributed by atoms with E-state index in [0.29, 0.717) is 24.3 Å². The van der Waals surface area contributed by atoms with E-state index in [4.69, 9.17) is 0 Å². The number of aromatic nitrogens is 1. The highest BCUT2D eigenvalue weighted by molar-refractivity contribution is 6.00. The highest BCUT2D eigenvalue weighted by Crippen LogP contribution is 2.34. The number of hydrogen-bond donors (Lipinski definition) is 2. The van der Waals surface area contributed by atoms with E-state index in [0.717, 1.165) is 17.3 Å². The van der Waals surface area contributed by atoms with Crippen molar-refractivity contribution in [1.82, 2.24) is 20.1 Å². The summed E-state index contributed by atoms with van der Waals surface area (Å²) in [6.45, 7) is 6.90. The van der Waals surface area contributed by atoms with Gasteiger partial charge in [-0.3, -0.25) is 14.4 Å². The lowest BCUT2D eigenvalue weighted by Crippen LogP contribution is -2.59. The molecular weight excluding hydrogens is 428 g/mol. The Hall–Kier alpha value is -3.61. The van der Waals surface area contributed by atoms with Crippen molar-refractivity contribution in [3.63, 3.8) is 0 Å². The van der Waals surface area contributed by atoms with Crippen molar-refractivity contribution in [3.8, 4) is 0 Å². The number of hydrogen-bond acceptors (Lipinski definition) is 3. The number of nitrogens with zero attached hydrogens (tertiary/aromatic N) is 2. The molecule has 3 aromatic rings. The molecule has 2 N–H and O–H groups in total. The standard InChI is InChI=1S/C27H30N4O3/c1-27(2,3)23(29-24(32)22-13-18-11-7-8-12-21(18)28-22)26(34)31-16-19-14-20(31)15-30(19)25(33)17-9-5-4-6-10-17/h4-13,19-20,23,28H,14-16H2,1-3H3,(H,29,32)/t19-,20-,23?/m0/s1. The van der Waals surface area contributed by atoms with E-state index in [1.807, 2.05) is 85.2 Å². The molecule has 34 heavy (non-hydrogen) atoms. The van der Waals surface area contributed by atoms with Gasteiger partial charge in [-0.25, -0.2) is 0 Å². The summed E-state index contributed by atoms with van der Waals surface area (Å²) in [6.07, 6.45) is 0.775. The van der Waals surface area contributed by atoms with E-state index in [1.165, 1.54) is 0 Å². The molecule has 0 spiro atoms. The second-order valence-electron chi connectivity index (χ2n) is 10.4. The summed E-state index contributed by atoms with van der Waals surface area (Å²) in [5.74, 6) is -0.370. The first-order valence-electron chi connectivity index (χ1n) is 11.8. The molecule has 3 amide bonds. The average Bonchev–Trinajstić information content (AvgIpc) is 3.55. The Bertz CT molecular complexity index is 1210. The molecule has 7 nitrogen and oxygen atoms in total. The summed E-state index contributed by atoms with van der Waals surface area (Å²) in [6, 6.07) is 18.1. The number of piperazine rings is 1. The SMILES string of the molecule is CC(C)(C)C(NC(=O)c1cc2ccccc2[nH]1)C(=O)N1C[C@@H]2C[C@H]1CN2C(=O)c1ccccc1. The maximum absolute atomic E-state index is 13.7. The van der Waals surface area contributed by atoms with Gasteiger partial charge in [-0.05, 0) is 36.1 Å². The number of fused-ring (bicyclic) bond motifs is 3. The number of likely N-dealkylation sites (tertiary alicyclic amines) is 2. The maximum atomic E-state index is 13.7. The summed E-state index contributed by atoms with van der Waals surface area (Å²) >= 11 is 0. The van der Waals surface area contributed by atoms with E-state index in [9.17, 15) is 14.4 Å². The summed E-state index contributed by atoms with van der Waals surface area (Å²) in [5, 5.41) is 3.94. The van der Waals surface area contributed by atoms with Gasteiger partial charge < -0.3 is 20.1 Å². The minimum atomic E-state index is -0.677. The maximum Gasteiger partial charge on any atom is 0.268 e. The number of benzene rings is 2. The van der Waals surface area contributed by atoms with Crippen molar-refractivity contribution in [3.05, 3.63) is 71.9 Å². The average molecular weight is 459 g/mol. The Morgan fingerprint density at radius 3 is 2.24 bits per heavy atom. The molecule has 3 heterocycles. The van der Waals surface area contributed by atoms with Crippen molar-refractivity contribution < 1.29 is 14.4 Å². The number of para-hydroxylation sites is 1. The molecule has 7 heteroatoms. The van der Waals surface area contributed by atoms with Gasteiger partial charge >= 0.3 is 0 Å². The summed E-state index contributed by atoms with van der Waals surface area (Å²) in [5.41, 5.74) is 1.52. The van der Waals surface area contributed by atoms with Crippen LogP contribution in [-0.4, -0.2) is 63.7 Å². The number of amides is 3. The molecule has 0 saturated carbocycles. The van der Waals surface area contributed by atoms with Gasteiger partial charge in [0.25, 0.3) is 11.8 Å². The van der Waals surface area contributed by atoms with Crippen LogP contribution in [0.1, 0.15) is 48.0 Å². The molecule has 2 fully saturated rings. The fourth-order valence-corrected chi connectivity index (χ4v) is 5.15. The second-order valence-corrected chi connectivity index (χ2v) is 10.4. The number of carbonyl (C=O) groups is 3. The highest BCUT2D eigenvalue weighted by atomic mass is 16.2. The van der Waals surface area contributed by atoms with Crippen molar-refractivity contribution in [2.75, 3.05) is 13.1 Å². The van der Waals surface area contributed by atoms with Gasteiger partial charge in [0.1, 0.15) is 11.7 Å². The number of rotatable bonds is 4. The van der Waals surface area contributed by atoms with Gasteiger partial charge in [0, 0.05) is 29.6 Å². The largest absolute Gasteiger partial charge is 0.351 e. The third-order valence-electron chi connectivity index (χ3n) is 6.97. The summed E-state index contributed by atoms with van der Waals surface area (Å²) in [7, 11) is 0. The number of nitrogens with one attached hydrogen (secondary N) is 2. The predicted octanol–water partition coefficient (Wildman–Crippen LogP) is 3.44. The number of carbonyl (C=O) groups excluding carboxylic acids is 3. The lowest BCUT2D eigenvalue weighted by molar-refractivity contribution is -0.138. The topological polar surface area (TPSA) is 85.5 Å². The molecule has 2 aliphatic heterocycles. The Morgan fingerprint density at radius 2 is 1.59 bits per heavy atom. The molecule has 5 rings (SSSR count). The van der Waals surface area contributed by atoms with Crippen molar-refractivity contribution in [1.29, 1.82) is 0 Å². The van der Waals surface area contributed by atoms with Gasteiger partial charge in [0.2, 0.25) is 5.91 Å². The quantitative estimate of drug-likeness (QED) is 0.628. The fourth-order valence-electron chi connectivity index (χ4n) is 5.15. The minimum Gasteiger partial charge on any atom is -0.351 e. The van der Waals surface area contributed by atoms with Crippen LogP contribution in [0.3, 0.4) is 0 Å². The first-order chi connectivity index (χ1) is 16.2. The lowest BCUT2D eigenvalue weighted by atomic mass is 9.85. The van der Waals surface area contributed by atoms with Crippen molar-refractivity contribution in [2.24, 2.45) is 5.41 Å². The van der Waals surface area contributed by atoms with E-state index in [2.05, 4.69) is 10.3 Å². The third kappa shape index (κ3) is 3.95. The normalized spacial score (nSPS) is 20.6. The van der Waals surface area contributed by atoms with E-state index in [-0.39, 0.29) is 29.8 Å². The Morgan fingerprint density at radius 1 is 0.941 bits per heavy atom. The predicted molar refractivity (Wildman–Crippen MR) is 130 cm³/mol. The molecule has 2 aromatic carbocycles. The molecule has 1 aromatic heterocycles. The first-order valence-corrected chi connectivity index (χ1v) is 11.8. The third-order valence-corrected chi connectivity index (χ3v) is 6.97. The molecule has 1 unspecified atom stereocenters. The highest BCUT2D eigenvalue weighted by Gasteiger charge is 2.49. The van der Waals surface area contributed by atoms with Crippen LogP contribution >= 0.6 is 0 Å². The van der Waals surface area contributed by atoms with Gasteiger partial charge in [-0.1, -0.05) is 57.2 Å². The molecule has 0 radical (unpaired) electrons. The molecule has 176 valence electrons. The van der Waals surface area contributed by atoms with E-state index in [1.54, 1.807) is 6.07 Å². The smallest absolute Gasteiger partial charge is 0.268 e. The van der Waals surface area contributed by atoms with Gasteiger partial charge in [-0.2, -0.15) is 0 Å². The van der Waals surface area contributed by atoms with Crippen LogP contribution in [0.25, 0.3) is 10.9 Å². The van der Waals surface area contributed by atoms with E-state index < -0.39 is 11.5 Å². The van der Waals surface area contributed by atoms with Crippen molar-refractivity contribution in [2.45, 2.75) is 45.3 Å². The lowest BCUT2D eigenvalue weighted by Gasteiger charge is -2.39. The van der Waals surface area contributed by atoms with Gasteiger partial charge in [-0.15, -0.1) is 0 Å². The van der Waals surface area contributed by atoms with Crippen molar-refractivity contribution >= 4 is 28.6 Å². The second kappa shape index (κ2) is 8.31. The zero-order valence-electron chi connectivity index (χ0n) is 19.7. The number of aromatic amines is 1. The fraction of sp³-hybridized carbons (Fsp3) is 0.370. The van der Waals surface area contributed by atoms with Crippen LogP contribution in [0, 0.1) is 5.41 Å². The zero-order valence-corrected chi connectivity index (χ0v) is 19.7. The Kier molecular flexibility index (Phi) is 5.42. The molecule has 0 aliphatic carbocycles. The first kappa shape index (κ1) is 22.2. The monoisotopic (exact) mass is 458 g/mol. The number of H-pyrrole nitrogens is 1. The van der Waals surface area contributed by atoms with Gasteiger partial charge in [0.05, 0.1) is 12.1 Å². The summed E-state index contributed by atoms with van der Waals surface area (Å²) in [4.78, 5) is 46.6. The van der Waals surface area contributed by atoms with Crippen LogP contribution in [-0.2, 0) is 4.79 Å². The van der Waals surface area contributed by atoms with Crippen LogP contribution in [0.5, 0.6) is 0 Å².